The standard InChI is InChI=1S/C18H18F6N4O2/c19-17(20,21)12-4-11(5-13(6-12)18(22,23)24)10-30-16(29)27-2-1-3-28-15(9-27)7-14(8-25)26-28/h4-7H,1-3,8-10,25H2. The van der Waals surface area contributed by atoms with E-state index in [0.717, 1.165) is 0 Å². The Kier molecular flexibility index (Phi) is 5.97. The van der Waals surface area contributed by atoms with E-state index in [9.17, 15) is 31.1 Å². The number of aryl methyl sites for hydroxylation is 1. The summed E-state index contributed by atoms with van der Waals surface area (Å²) in [5, 5.41) is 4.28. The summed E-state index contributed by atoms with van der Waals surface area (Å²) in [6, 6.07) is 2.82. The predicted molar refractivity (Wildman–Crippen MR) is 91.8 cm³/mol. The van der Waals surface area contributed by atoms with Gasteiger partial charge >= 0.3 is 18.4 Å². The summed E-state index contributed by atoms with van der Waals surface area (Å²) >= 11 is 0. The van der Waals surface area contributed by atoms with Gasteiger partial charge in [-0.15, -0.1) is 0 Å². The molecule has 0 saturated carbocycles. The van der Waals surface area contributed by atoms with Gasteiger partial charge in [-0.2, -0.15) is 31.4 Å². The minimum absolute atomic E-state index is 0.0241. The van der Waals surface area contributed by atoms with Crippen LogP contribution in [0.1, 0.15) is 34.5 Å². The molecule has 164 valence electrons. The summed E-state index contributed by atoms with van der Waals surface area (Å²) in [6.07, 6.45) is -10.2. The number of aromatic nitrogens is 2. The van der Waals surface area contributed by atoms with Gasteiger partial charge in [-0.05, 0) is 36.2 Å². The summed E-state index contributed by atoms with van der Waals surface area (Å²) in [6.45, 7) is 0.484. The zero-order valence-electron chi connectivity index (χ0n) is 15.6. The number of fused-ring (bicyclic) bond motifs is 1. The van der Waals surface area contributed by atoms with Crippen LogP contribution in [-0.4, -0.2) is 27.3 Å². The van der Waals surface area contributed by atoms with E-state index < -0.39 is 41.7 Å². The van der Waals surface area contributed by atoms with E-state index in [1.165, 1.54) is 4.90 Å². The molecule has 1 aromatic heterocycles. The first kappa shape index (κ1) is 21.9. The fraction of sp³-hybridized carbons (Fsp3) is 0.444. The van der Waals surface area contributed by atoms with Crippen LogP contribution in [-0.2, 0) is 43.3 Å². The Morgan fingerprint density at radius 1 is 1.03 bits per heavy atom. The minimum atomic E-state index is -4.97. The maximum absolute atomic E-state index is 12.9. The van der Waals surface area contributed by atoms with E-state index in [4.69, 9.17) is 10.5 Å². The molecular weight excluding hydrogens is 418 g/mol. The van der Waals surface area contributed by atoms with Crippen LogP contribution in [0.15, 0.2) is 24.3 Å². The Labute approximate surface area is 167 Å². The van der Waals surface area contributed by atoms with Gasteiger partial charge < -0.3 is 15.4 Å². The minimum Gasteiger partial charge on any atom is -0.445 e. The molecule has 0 radical (unpaired) electrons. The lowest BCUT2D eigenvalue weighted by atomic mass is 10.1. The highest BCUT2D eigenvalue weighted by Gasteiger charge is 2.37. The second-order valence-corrected chi connectivity index (χ2v) is 6.80. The first-order valence-electron chi connectivity index (χ1n) is 8.93. The third-order valence-corrected chi connectivity index (χ3v) is 4.54. The number of amides is 1. The van der Waals surface area contributed by atoms with E-state index in [1.54, 1.807) is 10.7 Å². The molecule has 30 heavy (non-hydrogen) atoms. The first-order valence-corrected chi connectivity index (χ1v) is 8.93. The van der Waals surface area contributed by atoms with E-state index in [-0.39, 0.29) is 19.2 Å². The van der Waals surface area contributed by atoms with Crippen molar-refractivity contribution in [2.75, 3.05) is 6.54 Å². The summed E-state index contributed by atoms with van der Waals surface area (Å²) in [4.78, 5) is 13.7. The number of hydrogen-bond acceptors (Lipinski definition) is 4. The molecular formula is C18H18F6N4O2. The van der Waals surface area contributed by atoms with Crippen molar-refractivity contribution in [1.82, 2.24) is 14.7 Å². The number of carbonyl (C=O) groups is 1. The average Bonchev–Trinajstić information content (AvgIpc) is 2.95. The van der Waals surface area contributed by atoms with E-state index in [1.807, 2.05) is 0 Å². The Morgan fingerprint density at radius 2 is 1.67 bits per heavy atom. The molecule has 2 aromatic rings. The topological polar surface area (TPSA) is 73.4 Å². The molecule has 1 aliphatic rings. The van der Waals surface area contributed by atoms with Gasteiger partial charge in [0.05, 0.1) is 29.1 Å². The zero-order chi connectivity index (χ0) is 22.1. The predicted octanol–water partition coefficient (Wildman–Crippen LogP) is 3.92. The fourth-order valence-corrected chi connectivity index (χ4v) is 3.12. The summed E-state index contributed by atoms with van der Waals surface area (Å²) in [5.74, 6) is 0. The lowest BCUT2D eigenvalue weighted by Gasteiger charge is -2.20. The number of nitrogens with two attached hydrogens (primary N) is 1. The highest BCUT2D eigenvalue weighted by molar-refractivity contribution is 5.67. The van der Waals surface area contributed by atoms with Crippen LogP contribution in [0.5, 0.6) is 0 Å². The molecule has 0 fully saturated rings. The molecule has 1 aromatic carbocycles. The van der Waals surface area contributed by atoms with Crippen molar-refractivity contribution in [3.8, 4) is 0 Å². The quantitative estimate of drug-likeness (QED) is 0.741. The van der Waals surface area contributed by atoms with Gasteiger partial charge in [-0.3, -0.25) is 4.68 Å². The number of nitrogens with zero attached hydrogens (tertiary/aromatic N) is 3. The summed E-state index contributed by atoms with van der Waals surface area (Å²) < 4.78 is 84.4. The van der Waals surface area contributed by atoms with Crippen LogP contribution in [0.3, 0.4) is 0 Å². The largest absolute Gasteiger partial charge is 0.445 e. The number of hydrogen-bond donors (Lipinski definition) is 1. The van der Waals surface area contributed by atoms with Crippen LogP contribution in [0.4, 0.5) is 31.1 Å². The van der Waals surface area contributed by atoms with Gasteiger partial charge in [0.15, 0.2) is 0 Å². The summed E-state index contributed by atoms with van der Waals surface area (Å²) in [5.41, 5.74) is 3.58. The number of halogens is 6. The third-order valence-electron chi connectivity index (χ3n) is 4.54. The lowest BCUT2D eigenvalue weighted by Crippen LogP contribution is -2.31. The van der Waals surface area contributed by atoms with Gasteiger partial charge in [-0.25, -0.2) is 4.79 Å². The Hall–Kier alpha value is -2.76. The molecule has 2 heterocycles. The van der Waals surface area contributed by atoms with Gasteiger partial charge in [0.1, 0.15) is 6.61 Å². The molecule has 12 heteroatoms. The number of alkyl halides is 6. The number of carbonyl (C=O) groups excluding carboxylic acids is 1. The number of benzene rings is 1. The molecule has 0 bridgehead atoms. The maximum Gasteiger partial charge on any atom is 0.416 e. The highest BCUT2D eigenvalue weighted by atomic mass is 19.4. The van der Waals surface area contributed by atoms with Gasteiger partial charge in [0, 0.05) is 19.6 Å². The van der Waals surface area contributed by atoms with E-state index >= 15 is 0 Å². The van der Waals surface area contributed by atoms with Crippen molar-refractivity contribution >= 4 is 6.09 Å². The summed E-state index contributed by atoms with van der Waals surface area (Å²) in [7, 11) is 0. The first-order chi connectivity index (χ1) is 14.0. The lowest BCUT2D eigenvalue weighted by molar-refractivity contribution is -0.143. The molecule has 2 N–H and O–H groups in total. The second-order valence-electron chi connectivity index (χ2n) is 6.80. The van der Waals surface area contributed by atoms with Gasteiger partial charge in [0.2, 0.25) is 0 Å². The SMILES string of the molecule is NCc1cc2n(n1)CCCN(C(=O)OCc1cc(C(F)(F)F)cc(C(F)(F)F)c1)C2. The van der Waals surface area contributed by atoms with Gasteiger partial charge in [-0.1, -0.05) is 0 Å². The highest BCUT2D eigenvalue weighted by Crippen LogP contribution is 2.36. The zero-order valence-corrected chi connectivity index (χ0v) is 15.6. The molecule has 6 nitrogen and oxygen atoms in total. The molecule has 3 rings (SSSR count). The Balaban J connectivity index is 1.73. The maximum atomic E-state index is 12.9. The van der Waals surface area contributed by atoms with Crippen LogP contribution in [0.2, 0.25) is 0 Å². The molecule has 0 atom stereocenters. The average molecular weight is 436 g/mol. The van der Waals surface area contributed by atoms with E-state index in [0.29, 0.717) is 43.0 Å². The Bertz CT molecular complexity index is 890. The fourth-order valence-electron chi connectivity index (χ4n) is 3.12. The van der Waals surface area contributed by atoms with E-state index in [2.05, 4.69) is 5.10 Å². The third kappa shape index (κ3) is 5.04. The second kappa shape index (κ2) is 8.17. The van der Waals surface area contributed by atoms with Crippen LogP contribution < -0.4 is 5.73 Å². The van der Waals surface area contributed by atoms with Crippen molar-refractivity contribution in [3.05, 3.63) is 52.3 Å². The molecule has 0 unspecified atom stereocenters. The van der Waals surface area contributed by atoms with Crippen LogP contribution in [0, 0.1) is 0 Å². The van der Waals surface area contributed by atoms with Crippen LogP contribution >= 0.6 is 0 Å². The van der Waals surface area contributed by atoms with Crippen molar-refractivity contribution in [1.29, 1.82) is 0 Å². The number of ether oxygens (including phenoxy) is 1. The molecule has 1 aliphatic heterocycles. The monoisotopic (exact) mass is 436 g/mol. The number of rotatable bonds is 3. The molecule has 1 amide bonds. The van der Waals surface area contributed by atoms with Crippen molar-refractivity contribution in [2.45, 2.75) is 45.0 Å². The van der Waals surface area contributed by atoms with Crippen molar-refractivity contribution in [3.63, 3.8) is 0 Å². The smallest absolute Gasteiger partial charge is 0.416 e. The van der Waals surface area contributed by atoms with Crippen molar-refractivity contribution < 1.29 is 35.9 Å². The van der Waals surface area contributed by atoms with Crippen molar-refractivity contribution in [2.24, 2.45) is 5.73 Å². The molecule has 0 saturated heterocycles. The van der Waals surface area contributed by atoms with Crippen LogP contribution in [0.25, 0.3) is 0 Å². The molecule has 0 spiro atoms. The normalized spacial score (nSPS) is 15.0. The molecule has 0 aliphatic carbocycles. The van der Waals surface area contributed by atoms with Gasteiger partial charge in [0.25, 0.3) is 0 Å². The Morgan fingerprint density at radius 3 is 2.23 bits per heavy atom.